The van der Waals surface area contributed by atoms with Crippen molar-refractivity contribution in [3.05, 3.63) is 0 Å². The predicted molar refractivity (Wildman–Crippen MR) is 59.5 cm³/mol. The van der Waals surface area contributed by atoms with Crippen molar-refractivity contribution in [2.45, 2.75) is 19.5 Å². The lowest BCUT2D eigenvalue weighted by molar-refractivity contribution is -0.142. The van der Waals surface area contributed by atoms with E-state index in [-0.39, 0.29) is 11.8 Å². The second kappa shape index (κ2) is 7.20. The molecule has 0 aromatic rings. The zero-order chi connectivity index (χ0) is 14.3. The normalized spacial score (nSPS) is 13.0. The number of nitrogens with one attached hydrogen (secondary N) is 1. The topological polar surface area (TPSA) is 75.4 Å². The van der Waals surface area contributed by atoms with Crippen LogP contribution < -0.4 is 11.1 Å². The van der Waals surface area contributed by atoms with Gasteiger partial charge in [-0.25, -0.2) is 0 Å². The van der Waals surface area contributed by atoms with Crippen LogP contribution in [-0.4, -0.2) is 49.6 Å². The highest BCUT2D eigenvalue weighted by molar-refractivity contribution is 5.85. The monoisotopic (exact) mass is 269 g/mol. The Labute approximate surface area is 103 Å². The molecule has 3 N–H and O–H groups in total. The van der Waals surface area contributed by atoms with E-state index in [0.29, 0.717) is 13.0 Å². The third kappa shape index (κ3) is 7.10. The summed E-state index contributed by atoms with van der Waals surface area (Å²) in [5, 5.41) is 1.70. The highest BCUT2D eigenvalue weighted by Gasteiger charge is 2.28. The molecule has 0 aliphatic heterocycles. The van der Waals surface area contributed by atoms with Crippen molar-refractivity contribution in [3.63, 3.8) is 0 Å². The van der Waals surface area contributed by atoms with Crippen LogP contribution in [0.3, 0.4) is 0 Å². The van der Waals surface area contributed by atoms with Crippen LogP contribution in [0.15, 0.2) is 0 Å². The van der Waals surface area contributed by atoms with Gasteiger partial charge in [0.2, 0.25) is 11.8 Å². The van der Waals surface area contributed by atoms with E-state index < -0.39 is 25.2 Å². The van der Waals surface area contributed by atoms with E-state index in [1.54, 1.807) is 12.2 Å². The van der Waals surface area contributed by atoms with E-state index >= 15 is 0 Å². The Morgan fingerprint density at radius 1 is 1.39 bits per heavy atom. The lowest BCUT2D eigenvalue weighted by Crippen LogP contribution is -2.43. The molecule has 2 amide bonds. The van der Waals surface area contributed by atoms with E-state index in [1.807, 2.05) is 0 Å². The molecule has 8 heteroatoms. The number of rotatable bonds is 6. The molecule has 1 atom stereocenters. The van der Waals surface area contributed by atoms with Crippen molar-refractivity contribution >= 4 is 11.8 Å². The molecule has 0 radical (unpaired) electrons. The van der Waals surface area contributed by atoms with Gasteiger partial charge in [-0.05, 0) is 13.0 Å². The summed E-state index contributed by atoms with van der Waals surface area (Å²) in [5.41, 5.74) is 5.29. The maximum atomic E-state index is 11.8. The largest absolute Gasteiger partial charge is 0.405 e. The molecule has 0 aromatic carbocycles. The molecule has 0 heterocycles. The minimum Gasteiger partial charge on any atom is -0.345 e. The van der Waals surface area contributed by atoms with Gasteiger partial charge in [0.15, 0.2) is 0 Å². The fourth-order valence-corrected chi connectivity index (χ4v) is 1.30. The van der Waals surface area contributed by atoms with Crippen LogP contribution >= 0.6 is 0 Å². The molecule has 0 aromatic heterocycles. The summed E-state index contributed by atoms with van der Waals surface area (Å²) in [6.45, 7) is 0.191. The molecule has 0 aliphatic rings. The maximum absolute atomic E-state index is 11.8. The number of nitrogens with zero attached hydrogens (tertiary/aromatic N) is 1. The number of likely N-dealkylation sites (N-methyl/N-ethyl adjacent to an activating group) is 1. The van der Waals surface area contributed by atoms with Crippen molar-refractivity contribution < 1.29 is 22.8 Å². The van der Waals surface area contributed by atoms with Crippen LogP contribution in [0, 0.1) is 5.92 Å². The average Bonchev–Trinajstić information content (AvgIpc) is 2.24. The molecule has 0 saturated carbocycles. The molecule has 0 saturated heterocycles. The smallest absolute Gasteiger partial charge is 0.345 e. The standard InChI is InChI=1S/C10H18F3N3O2/c1-7(3-4-14)9(18)16(2)5-8(17)15-6-10(11,12)13/h7H,3-6,14H2,1-2H3,(H,15,17). The van der Waals surface area contributed by atoms with Gasteiger partial charge in [-0.2, -0.15) is 13.2 Å². The van der Waals surface area contributed by atoms with Gasteiger partial charge in [-0.3, -0.25) is 9.59 Å². The Hall–Kier alpha value is -1.31. The number of alkyl halides is 3. The highest BCUT2D eigenvalue weighted by atomic mass is 19.4. The van der Waals surface area contributed by atoms with Gasteiger partial charge < -0.3 is 16.0 Å². The summed E-state index contributed by atoms with van der Waals surface area (Å²) in [7, 11) is 1.36. The molecule has 18 heavy (non-hydrogen) atoms. The summed E-state index contributed by atoms with van der Waals surface area (Å²) < 4.78 is 35.5. The summed E-state index contributed by atoms with van der Waals surface area (Å²) in [6.07, 6.45) is -3.99. The molecule has 0 rings (SSSR count). The predicted octanol–water partition coefficient (Wildman–Crippen LogP) is 0.108. The van der Waals surface area contributed by atoms with Crippen LogP contribution in [0.25, 0.3) is 0 Å². The number of carbonyl (C=O) groups excluding carboxylic acids is 2. The molecule has 0 fully saturated rings. The van der Waals surface area contributed by atoms with Crippen LogP contribution in [-0.2, 0) is 9.59 Å². The van der Waals surface area contributed by atoms with E-state index in [0.717, 1.165) is 4.90 Å². The molecule has 0 aliphatic carbocycles. The molecule has 0 bridgehead atoms. The Morgan fingerprint density at radius 3 is 2.39 bits per heavy atom. The van der Waals surface area contributed by atoms with Gasteiger partial charge in [0.25, 0.3) is 0 Å². The van der Waals surface area contributed by atoms with E-state index in [2.05, 4.69) is 0 Å². The second-order valence-electron chi connectivity index (χ2n) is 4.06. The Morgan fingerprint density at radius 2 is 1.94 bits per heavy atom. The highest BCUT2D eigenvalue weighted by Crippen LogP contribution is 2.12. The van der Waals surface area contributed by atoms with Gasteiger partial charge >= 0.3 is 6.18 Å². The van der Waals surface area contributed by atoms with Crippen molar-refractivity contribution in [1.82, 2.24) is 10.2 Å². The van der Waals surface area contributed by atoms with Gasteiger partial charge in [-0.15, -0.1) is 0 Å². The summed E-state index contributed by atoms with van der Waals surface area (Å²) >= 11 is 0. The summed E-state index contributed by atoms with van der Waals surface area (Å²) in [6, 6.07) is 0. The first kappa shape index (κ1) is 16.7. The fourth-order valence-electron chi connectivity index (χ4n) is 1.30. The minimum atomic E-state index is -4.45. The Bertz CT molecular complexity index is 295. The first-order valence-corrected chi connectivity index (χ1v) is 5.46. The van der Waals surface area contributed by atoms with Gasteiger partial charge in [-0.1, -0.05) is 6.92 Å². The van der Waals surface area contributed by atoms with Crippen molar-refractivity contribution in [2.75, 3.05) is 26.7 Å². The first-order valence-electron chi connectivity index (χ1n) is 5.46. The van der Waals surface area contributed by atoms with E-state index in [4.69, 9.17) is 5.73 Å². The second-order valence-corrected chi connectivity index (χ2v) is 4.06. The lowest BCUT2D eigenvalue weighted by atomic mass is 10.1. The SMILES string of the molecule is CC(CCN)C(=O)N(C)CC(=O)NCC(F)(F)F. The van der Waals surface area contributed by atoms with E-state index in [9.17, 15) is 22.8 Å². The lowest BCUT2D eigenvalue weighted by Gasteiger charge is -2.20. The van der Waals surface area contributed by atoms with Crippen molar-refractivity contribution in [3.8, 4) is 0 Å². The quantitative estimate of drug-likeness (QED) is 0.718. The maximum Gasteiger partial charge on any atom is 0.405 e. The van der Waals surface area contributed by atoms with Crippen molar-refractivity contribution in [1.29, 1.82) is 0 Å². The Balaban J connectivity index is 4.11. The summed E-state index contributed by atoms with van der Waals surface area (Å²) in [4.78, 5) is 23.9. The van der Waals surface area contributed by atoms with Gasteiger partial charge in [0.05, 0.1) is 6.54 Å². The summed E-state index contributed by atoms with van der Waals surface area (Å²) in [5.74, 6) is -1.51. The number of carbonyl (C=O) groups is 2. The molecule has 1 unspecified atom stereocenters. The molecule has 0 spiro atoms. The molecular weight excluding hydrogens is 251 g/mol. The fraction of sp³-hybridized carbons (Fsp3) is 0.800. The molecule has 5 nitrogen and oxygen atoms in total. The van der Waals surface area contributed by atoms with Crippen LogP contribution in [0.2, 0.25) is 0 Å². The number of hydrogen-bond donors (Lipinski definition) is 2. The zero-order valence-corrected chi connectivity index (χ0v) is 10.4. The van der Waals surface area contributed by atoms with Gasteiger partial charge in [0, 0.05) is 13.0 Å². The molecular formula is C10H18F3N3O2. The Kier molecular flexibility index (Phi) is 6.67. The van der Waals surface area contributed by atoms with E-state index in [1.165, 1.54) is 7.05 Å². The average molecular weight is 269 g/mol. The molecule has 106 valence electrons. The first-order chi connectivity index (χ1) is 8.17. The van der Waals surface area contributed by atoms with Crippen LogP contribution in [0.1, 0.15) is 13.3 Å². The zero-order valence-electron chi connectivity index (χ0n) is 10.4. The third-order valence-corrected chi connectivity index (χ3v) is 2.26. The van der Waals surface area contributed by atoms with Crippen molar-refractivity contribution in [2.24, 2.45) is 11.7 Å². The van der Waals surface area contributed by atoms with Crippen LogP contribution in [0.5, 0.6) is 0 Å². The number of hydrogen-bond acceptors (Lipinski definition) is 3. The third-order valence-electron chi connectivity index (χ3n) is 2.26. The van der Waals surface area contributed by atoms with Crippen LogP contribution in [0.4, 0.5) is 13.2 Å². The number of nitrogens with two attached hydrogens (primary N) is 1. The number of halogens is 3. The number of amides is 2. The van der Waals surface area contributed by atoms with Gasteiger partial charge in [0.1, 0.15) is 6.54 Å². The minimum absolute atomic E-state index is 0.317.